The number of carbonyl (C=O) groups is 2. The second kappa shape index (κ2) is 26.2. The third-order valence-corrected chi connectivity index (χ3v) is 19.5. The lowest BCUT2D eigenvalue weighted by Gasteiger charge is -2.21. The first-order valence-corrected chi connectivity index (χ1v) is 33.0. The standard InChI is InChI=1S/C83H38F24N4O2/c84-76(85,86)46-17-21-50(62(34-46)80(96,97)98)41-13-25-67-57(29-41)58-30-42(51-22-18-47(77(87,88)89)35-63(51)81(99,100)101)14-26-68(58)109(67)71-38-61(55-10-6-11-56-73(55)75(113)111(74(56)112)66-12-5-4-9-54(66)40-7-2-1-3-8-40)72(33-45(71)39-108)110-69-27-15-43(52-23-19-48(78(90,91)92)36-64(52)82(102,103)104)31-59(69)60-32-44(16-28-70(60)110)53-24-20-49(79(93,94)95)37-65(53)83(105,106)107/h1-38H. The molecule has 570 valence electrons. The summed E-state index contributed by atoms with van der Waals surface area (Å²) in [6.45, 7) is 0. The van der Waals surface area contributed by atoms with Crippen LogP contribution >= 0.6 is 0 Å². The minimum Gasteiger partial charge on any atom is -0.309 e. The quantitative estimate of drug-likeness (QED) is 0.107. The molecule has 12 aromatic carbocycles. The Morgan fingerprint density at radius 3 is 0.920 bits per heavy atom. The van der Waals surface area contributed by atoms with Crippen LogP contribution in [0.15, 0.2) is 231 Å². The van der Waals surface area contributed by atoms with E-state index in [-0.39, 0.29) is 102 Å². The molecule has 0 N–H and O–H groups in total. The van der Waals surface area contributed by atoms with Gasteiger partial charge in [-0.2, -0.15) is 111 Å². The molecule has 30 heteroatoms. The van der Waals surface area contributed by atoms with E-state index in [0.29, 0.717) is 59.7 Å². The summed E-state index contributed by atoms with van der Waals surface area (Å²) < 4.78 is 354. The largest absolute Gasteiger partial charge is 0.417 e. The van der Waals surface area contributed by atoms with Crippen molar-refractivity contribution in [3.63, 3.8) is 0 Å². The fourth-order valence-corrected chi connectivity index (χ4v) is 14.6. The summed E-state index contributed by atoms with van der Waals surface area (Å²) in [5.41, 5.74) is -22.1. The number of rotatable bonds is 9. The van der Waals surface area contributed by atoms with Gasteiger partial charge < -0.3 is 9.13 Å². The number of nitrogens with zero attached hydrogens (tertiary/aromatic N) is 4. The Hall–Kier alpha value is -12.8. The van der Waals surface area contributed by atoms with Gasteiger partial charge in [0.15, 0.2) is 0 Å². The monoisotopic (exact) mass is 1580 g/mol. The maximum Gasteiger partial charge on any atom is 0.417 e. The maximum atomic E-state index is 15.8. The minimum atomic E-state index is -5.53. The number of nitriles is 1. The molecule has 1 aliphatic heterocycles. The van der Waals surface area contributed by atoms with Crippen molar-refractivity contribution in [2.24, 2.45) is 0 Å². The summed E-state index contributed by atoms with van der Waals surface area (Å²) in [6.07, 6.45) is -43.5. The number of imide groups is 1. The van der Waals surface area contributed by atoms with E-state index >= 15 is 62.3 Å². The Morgan fingerprint density at radius 2 is 0.575 bits per heavy atom. The Kier molecular flexibility index (Phi) is 17.5. The topological polar surface area (TPSA) is 71.0 Å². The highest BCUT2D eigenvalue weighted by Crippen LogP contribution is 2.52. The van der Waals surface area contributed by atoms with Crippen molar-refractivity contribution in [2.45, 2.75) is 49.4 Å². The van der Waals surface area contributed by atoms with Gasteiger partial charge in [-0.15, -0.1) is 0 Å². The molecule has 15 rings (SSSR count). The van der Waals surface area contributed by atoms with Crippen LogP contribution in [0.3, 0.4) is 0 Å². The first-order chi connectivity index (χ1) is 52.9. The molecule has 1 aliphatic rings. The van der Waals surface area contributed by atoms with Crippen molar-refractivity contribution in [2.75, 3.05) is 4.90 Å². The number of anilines is 1. The first kappa shape index (κ1) is 75.6. The van der Waals surface area contributed by atoms with Crippen LogP contribution in [0.5, 0.6) is 0 Å². The van der Waals surface area contributed by atoms with Gasteiger partial charge >= 0.3 is 49.4 Å². The second-order valence-electron chi connectivity index (χ2n) is 26.2. The zero-order valence-corrected chi connectivity index (χ0v) is 56.1. The fourth-order valence-electron chi connectivity index (χ4n) is 14.6. The van der Waals surface area contributed by atoms with Crippen LogP contribution in [0.2, 0.25) is 0 Å². The van der Waals surface area contributed by atoms with Crippen molar-refractivity contribution in [3.05, 3.63) is 292 Å². The molecule has 14 aromatic rings. The van der Waals surface area contributed by atoms with Crippen molar-refractivity contribution >= 4 is 61.1 Å². The van der Waals surface area contributed by atoms with Gasteiger partial charge in [-0.25, -0.2) is 4.90 Å². The third-order valence-electron chi connectivity index (χ3n) is 19.5. The molecule has 6 nitrogen and oxygen atoms in total. The highest BCUT2D eigenvalue weighted by atomic mass is 19.4. The summed E-state index contributed by atoms with van der Waals surface area (Å²) in [7, 11) is 0. The average Bonchev–Trinajstić information content (AvgIpc) is 1.56. The van der Waals surface area contributed by atoms with E-state index in [1.54, 1.807) is 42.5 Å². The van der Waals surface area contributed by atoms with Crippen LogP contribution < -0.4 is 4.90 Å². The van der Waals surface area contributed by atoms with Crippen LogP contribution in [0, 0.1) is 11.3 Å². The molecule has 2 amide bonds. The number of hydrogen-bond donors (Lipinski definition) is 0. The smallest absolute Gasteiger partial charge is 0.309 e. The molecule has 0 radical (unpaired) electrons. The van der Waals surface area contributed by atoms with Crippen molar-refractivity contribution in [1.82, 2.24) is 9.13 Å². The van der Waals surface area contributed by atoms with Crippen molar-refractivity contribution in [1.29, 1.82) is 5.26 Å². The van der Waals surface area contributed by atoms with Gasteiger partial charge in [-0.1, -0.05) is 109 Å². The van der Waals surface area contributed by atoms with Crippen LogP contribution in [-0.2, 0) is 49.4 Å². The average molecular weight is 1580 g/mol. The zero-order chi connectivity index (χ0) is 81.1. The molecule has 3 heterocycles. The summed E-state index contributed by atoms with van der Waals surface area (Å²) in [6, 6.07) is 37.8. The van der Waals surface area contributed by atoms with Gasteiger partial charge in [0.25, 0.3) is 11.8 Å². The Balaban J connectivity index is 1.06. The molecule has 0 spiro atoms. The number of carbonyl (C=O) groups excluding carboxylic acids is 2. The van der Waals surface area contributed by atoms with Crippen LogP contribution in [-0.4, -0.2) is 20.9 Å². The van der Waals surface area contributed by atoms with Gasteiger partial charge in [0, 0.05) is 32.7 Å². The highest BCUT2D eigenvalue weighted by Gasteiger charge is 2.45. The highest BCUT2D eigenvalue weighted by molar-refractivity contribution is 6.37. The number of halogens is 24. The van der Waals surface area contributed by atoms with Crippen LogP contribution in [0.4, 0.5) is 111 Å². The van der Waals surface area contributed by atoms with Crippen LogP contribution in [0.1, 0.15) is 70.8 Å². The van der Waals surface area contributed by atoms with E-state index in [9.17, 15) is 57.9 Å². The molecular formula is C83H38F24N4O2. The Bertz CT molecular complexity index is 6110. The van der Waals surface area contributed by atoms with E-state index in [0.717, 1.165) is 83.8 Å². The molecule has 0 saturated carbocycles. The fraction of sp³-hybridized carbons (Fsp3) is 0.0964. The maximum absolute atomic E-state index is 15.8. The molecule has 2 aromatic heterocycles. The number of alkyl halides is 24. The lowest BCUT2D eigenvalue weighted by atomic mass is 9.93. The lowest BCUT2D eigenvalue weighted by Crippen LogP contribution is -2.30. The van der Waals surface area contributed by atoms with Crippen LogP contribution in [0.25, 0.3) is 122 Å². The second-order valence-corrected chi connectivity index (χ2v) is 26.2. The van der Waals surface area contributed by atoms with Gasteiger partial charge in [0.05, 0.1) is 100 Å². The molecule has 0 aliphatic carbocycles. The molecular weight excluding hydrogens is 1540 g/mol. The molecule has 0 fully saturated rings. The number of aromatic nitrogens is 2. The van der Waals surface area contributed by atoms with E-state index in [2.05, 4.69) is 0 Å². The van der Waals surface area contributed by atoms with Crippen molar-refractivity contribution < 1.29 is 115 Å². The summed E-state index contributed by atoms with van der Waals surface area (Å²) in [5, 5.41) is 10.6. The predicted molar refractivity (Wildman–Crippen MR) is 370 cm³/mol. The molecule has 0 unspecified atom stereocenters. The number of benzene rings is 12. The lowest BCUT2D eigenvalue weighted by molar-refractivity contribution is -0.144. The van der Waals surface area contributed by atoms with Gasteiger partial charge in [-0.3, -0.25) is 9.59 Å². The number of para-hydroxylation sites is 1. The number of hydrogen-bond acceptors (Lipinski definition) is 3. The summed E-state index contributed by atoms with van der Waals surface area (Å²) >= 11 is 0. The Labute approximate surface area is 618 Å². The number of fused-ring (bicyclic) bond motifs is 7. The normalized spacial score (nSPS) is 13.5. The number of amides is 2. The van der Waals surface area contributed by atoms with E-state index < -0.39 is 161 Å². The van der Waals surface area contributed by atoms with Crippen molar-refractivity contribution in [3.8, 4) is 84.2 Å². The molecule has 0 bridgehead atoms. The van der Waals surface area contributed by atoms with E-state index in [1.807, 2.05) is 6.07 Å². The van der Waals surface area contributed by atoms with Gasteiger partial charge in [0.1, 0.15) is 6.07 Å². The SMILES string of the molecule is N#Cc1cc(-n2c3ccc(-c4ccc(C(F)(F)F)cc4C(F)(F)F)cc3c3cc(-c4ccc(C(F)(F)F)cc4C(F)(F)F)ccc32)c(-c2cccc3c2C(=O)N(c2ccccc2-c2ccccc2)C3=O)cc1-n1c2ccc(-c3ccc(C(F)(F)F)cc3C(F)(F)F)cc2c2cc(-c3ccc(C(F)(F)F)cc3C(F)(F)F)ccc21. The third kappa shape index (κ3) is 13.2. The predicted octanol–water partition coefficient (Wildman–Crippen LogP) is 26.7. The Morgan fingerprint density at radius 1 is 0.248 bits per heavy atom. The summed E-state index contributed by atoms with van der Waals surface area (Å²) in [4.78, 5) is 31.8. The molecule has 113 heavy (non-hydrogen) atoms. The van der Waals surface area contributed by atoms with Gasteiger partial charge in [-0.05, 0) is 177 Å². The van der Waals surface area contributed by atoms with E-state index in [4.69, 9.17) is 0 Å². The van der Waals surface area contributed by atoms with E-state index in [1.165, 1.54) is 45.5 Å². The van der Waals surface area contributed by atoms with Gasteiger partial charge in [0.2, 0.25) is 0 Å². The summed E-state index contributed by atoms with van der Waals surface area (Å²) in [5.74, 6) is -1.98. The minimum absolute atomic E-state index is 0.0235. The molecule has 0 atom stereocenters. The zero-order valence-electron chi connectivity index (χ0n) is 56.1. The first-order valence-electron chi connectivity index (χ1n) is 33.0. The molecule has 0 saturated heterocycles.